The Hall–Kier alpha value is -3.65. The molecule has 8 nitrogen and oxygen atoms in total. The van der Waals surface area contributed by atoms with Crippen LogP contribution in [0.1, 0.15) is 29.9 Å². The second-order valence-electron chi connectivity index (χ2n) is 8.40. The first-order valence-corrected chi connectivity index (χ1v) is 11.0. The van der Waals surface area contributed by atoms with E-state index < -0.39 is 5.60 Å². The maximum Gasteiger partial charge on any atom is 0.274 e. The van der Waals surface area contributed by atoms with Gasteiger partial charge in [0.1, 0.15) is 5.69 Å². The Morgan fingerprint density at radius 1 is 1.06 bits per heavy atom. The summed E-state index contributed by atoms with van der Waals surface area (Å²) in [5, 5.41) is 2.97. The van der Waals surface area contributed by atoms with Crippen molar-refractivity contribution in [3.05, 3.63) is 78.6 Å². The van der Waals surface area contributed by atoms with Gasteiger partial charge in [-0.25, -0.2) is 4.98 Å². The molecule has 0 saturated carbocycles. The molecule has 1 atom stereocenters. The third-order valence-electron chi connectivity index (χ3n) is 5.53. The van der Waals surface area contributed by atoms with Crippen molar-refractivity contribution >= 4 is 11.8 Å². The lowest BCUT2D eigenvalue weighted by atomic mass is 9.90. The topological polar surface area (TPSA) is 97.3 Å². The number of pyridine rings is 1. The van der Waals surface area contributed by atoms with Crippen molar-refractivity contribution in [1.82, 2.24) is 25.2 Å². The van der Waals surface area contributed by atoms with E-state index in [0.29, 0.717) is 13.0 Å². The number of carbonyl (C=O) groups is 2. The van der Waals surface area contributed by atoms with E-state index in [1.807, 2.05) is 56.4 Å². The summed E-state index contributed by atoms with van der Waals surface area (Å²) in [5.74, 6) is -0.495. The van der Waals surface area contributed by atoms with Crippen LogP contribution in [0.3, 0.4) is 0 Å². The Bertz CT molecular complexity index is 1090. The molecule has 8 heteroatoms. The molecule has 0 unspecified atom stereocenters. The molecule has 1 fully saturated rings. The molecule has 0 spiro atoms. The standard InChI is InChI=1S/C25H27N5O3/c1-18(2)29-24(32)25(14-19-5-7-20(8-6-19)21-4-3-9-26-15-21)17-30(12-13-33-25)23(31)22-16-27-10-11-28-22/h3-11,15-16,18H,12-14,17H2,1-2H3,(H,29,32)/t25-/m1/s1. The van der Waals surface area contributed by atoms with Crippen molar-refractivity contribution in [2.45, 2.75) is 31.9 Å². The van der Waals surface area contributed by atoms with Gasteiger partial charge < -0.3 is 15.0 Å². The van der Waals surface area contributed by atoms with Gasteiger partial charge in [-0.2, -0.15) is 0 Å². The number of benzene rings is 1. The van der Waals surface area contributed by atoms with E-state index >= 15 is 0 Å². The van der Waals surface area contributed by atoms with Crippen molar-refractivity contribution < 1.29 is 14.3 Å². The minimum atomic E-state index is -1.20. The smallest absolute Gasteiger partial charge is 0.274 e. The van der Waals surface area contributed by atoms with E-state index in [4.69, 9.17) is 4.74 Å². The third-order valence-corrected chi connectivity index (χ3v) is 5.53. The average molecular weight is 446 g/mol. The van der Waals surface area contributed by atoms with Crippen LogP contribution in [-0.4, -0.2) is 63.0 Å². The molecule has 2 aromatic heterocycles. The number of nitrogens with one attached hydrogen (secondary N) is 1. The van der Waals surface area contributed by atoms with Gasteiger partial charge in [-0.3, -0.25) is 19.6 Å². The number of carbonyl (C=O) groups excluding carboxylic acids is 2. The van der Waals surface area contributed by atoms with Crippen LogP contribution < -0.4 is 5.32 Å². The summed E-state index contributed by atoms with van der Waals surface area (Å²) < 4.78 is 6.11. The zero-order valence-corrected chi connectivity index (χ0v) is 18.8. The molecule has 1 aliphatic rings. The van der Waals surface area contributed by atoms with Crippen LogP contribution in [0, 0.1) is 0 Å². The molecule has 4 rings (SSSR count). The monoisotopic (exact) mass is 445 g/mol. The summed E-state index contributed by atoms with van der Waals surface area (Å²) in [6.45, 7) is 4.57. The molecule has 1 N–H and O–H groups in total. The summed E-state index contributed by atoms with van der Waals surface area (Å²) in [5.41, 5.74) is 2.05. The van der Waals surface area contributed by atoms with E-state index in [-0.39, 0.29) is 36.7 Å². The number of aromatic nitrogens is 3. The minimum Gasteiger partial charge on any atom is -0.361 e. The van der Waals surface area contributed by atoms with Crippen molar-refractivity contribution in [2.75, 3.05) is 19.7 Å². The molecule has 0 bridgehead atoms. The summed E-state index contributed by atoms with van der Waals surface area (Å²) in [6.07, 6.45) is 8.33. The minimum absolute atomic E-state index is 0.0583. The van der Waals surface area contributed by atoms with E-state index in [2.05, 4.69) is 20.3 Å². The fraction of sp³-hybridized carbons (Fsp3) is 0.320. The zero-order chi connectivity index (χ0) is 23.3. The Kier molecular flexibility index (Phi) is 6.74. The molecule has 33 heavy (non-hydrogen) atoms. The molecule has 0 aliphatic carbocycles. The molecule has 2 amide bonds. The summed E-state index contributed by atoms with van der Waals surface area (Å²) >= 11 is 0. The third kappa shape index (κ3) is 5.23. The van der Waals surface area contributed by atoms with E-state index in [9.17, 15) is 9.59 Å². The second-order valence-corrected chi connectivity index (χ2v) is 8.40. The lowest BCUT2D eigenvalue weighted by molar-refractivity contribution is -0.157. The van der Waals surface area contributed by atoms with Crippen LogP contribution in [0.15, 0.2) is 67.4 Å². The van der Waals surface area contributed by atoms with Gasteiger partial charge in [0.05, 0.1) is 19.3 Å². The molecule has 0 radical (unpaired) electrons. The number of nitrogens with zero attached hydrogens (tertiary/aromatic N) is 4. The van der Waals surface area contributed by atoms with E-state index in [1.165, 1.54) is 18.6 Å². The lowest BCUT2D eigenvalue weighted by Crippen LogP contribution is -2.62. The summed E-state index contributed by atoms with van der Waals surface area (Å²) in [4.78, 5) is 40.2. The first kappa shape index (κ1) is 22.5. The summed E-state index contributed by atoms with van der Waals surface area (Å²) in [7, 11) is 0. The van der Waals surface area contributed by atoms with Gasteiger partial charge in [0.15, 0.2) is 5.60 Å². The first-order valence-electron chi connectivity index (χ1n) is 11.0. The molecule has 1 aliphatic heterocycles. The number of amides is 2. The van der Waals surface area contributed by atoms with Crippen LogP contribution in [0.25, 0.3) is 11.1 Å². The highest BCUT2D eigenvalue weighted by molar-refractivity contribution is 5.93. The quantitative estimate of drug-likeness (QED) is 0.626. The number of hydrogen-bond donors (Lipinski definition) is 1. The number of ether oxygens (including phenoxy) is 1. The molecular weight excluding hydrogens is 418 g/mol. The van der Waals surface area contributed by atoms with Crippen LogP contribution in [-0.2, 0) is 16.0 Å². The SMILES string of the molecule is CC(C)NC(=O)[C@@]1(Cc2ccc(-c3cccnc3)cc2)CN(C(=O)c2cnccn2)CCO1. The van der Waals surface area contributed by atoms with Crippen LogP contribution >= 0.6 is 0 Å². The Balaban J connectivity index is 1.59. The highest BCUT2D eigenvalue weighted by Crippen LogP contribution is 2.27. The molecule has 1 aromatic carbocycles. The Morgan fingerprint density at radius 3 is 2.52 bits per heavy atom. The van der Waals surface area contributed by atoms with E-state index in [1.54, 1.807) is 11.1 Å². The Labute approximate surface area is 193 Å². The maximum absolute atomic E-state index is 13.3. The van der Waals surface area contributed by atoms with Gasteiger partial charge in [-0.1, -0.05) is 30.3 Å². The van der Waals surface area contributed by atoms with Crippen molar-refractivity contribution in [2.24, 2.45) is 0 Å². The fourth-order valence-corrected chi connectivity index (χ4v) is 3.93. The summed E-state index contributed by atoms with van der Waals surface area (Å²) in [6, 6.07) is 11.8. The average Bonchev–Trinajstić information content (AvgIpc) is 2.85. The van der Waals surface area contributed by atoms with Gasteiger partial charge in [0.2, 0.25) is 0 Å². The second kappa shape index (κ2) is 9.87. The first-order chi connectivity index (χ1) is 16.0. The molecule has 3 aromatic rings. The van der Waals surface area contributed by atoms with Crippen molar-refractivity contribution in [1.29, 1.82) is 0 Å². The van der Waals surface area contributed by atoms with Gasteiger partial charge in [0, 0.05) is 43.8 Å². The molecule has 3 heterocycles. The maximum atomic E-state index is 13.3. The molecular formula is C25H27N5O3. The fourth-order valence-electron chi connectivity index (χ4n) is 3.93. The van der Waals surface area contributed by atoms with Crippen molar-refractivity contribution in [3.8, 4) is 11.1 Å². The van der Waals surface area contributed by atoms with E-state index in [0.717, 1.165) is 16.7 Å². The number of rotatable bonds is 6. The molecule has 1 saturated heterocycles. The lowest BCUT2D eigenvalue weighted by Gasteiger charge is -2.42. The van der Waals surface area contributed by atoms with Crippen molar-refractivity contribution in [3.63, 3.8) is 0 Å². The van der Waals surface area contributed by atoms with Gasteiger partial charge in [0.25, 0.3) is 11.8 Å². The number of morpholine rings is 1. The van der Waals surface area contributed by atoms with Crippen LogP contribution in [0.4, 0.5) is 0 Å². The predicted octanol–water partition coefficient (Wildman–Crippen LogP) is 2.52. The highest BCUT2D eigenvalue weighted by atomic mass is 16.5. The zero-order valence-electron chi connectivity index (χ0n) is 18.8. The highest BCUT2D eigenvalue weighted by Gasteiger charge is 2.45. The van der Waals surface area contributed by atoms with Gasteiger partial charge >= 0.3 is 0 Å². The van der Waals surface area contributed by atoms with Gasteiger partial charge in [-0.15, -0.1) is 0 Å². The predicted molar refractivity (Wildman–Crippen MR) is 123 cm³/mol. The van der Waals surface area contributed by atoms with Crippen LogP contribution in [0.2, 0.25) is 0 Å². The normalized spacial score (nSPS) is 18.2. The largest absolute Gasteiger partial charge is 0.361 e. The molecule has 170 valence electrons. The van der Waals surface area contributed by atoms with Gasteiger partial charge in [-0.05, 0) is 36.6 Å². The van der Waals surface area contributed by atoms with Crippen LogP contribution in [0.5, 0.6) is 0 Å². The Morgan fingerprint density at radius 2 is 1.85 bits per heavy atom. The number of hydrogen-bond acceptors (Lipinski definition) is 6.